The summed E-state index contributed by atoms with van der Waals surface area (Å²) in [4.78, 5) is 16.2. The summed E-state index contributed by atoms with van der Waals surface area (Å²) in [5, 5.41) is 2.51. The first-order valence-electron chi connectivity index (χ1n) is 9.33. The molecule has 0 fully saturated rings. The zero-order valence-corrected chi connectivity index (χ0v) is 15.4. The van der Waals surface area contributed by atoms with Crippen LogP contribution in [0.15, 0.2) is 66.7 Å². The predicted molar refractivity (Wildman–Crippen MR) is 106 cm³/mol. The number of hydrogen-bond acceptors (Lipinski definition) is 1. The van der Waals surface area contributed by atoms with Gasteiger partial charge in [0.05, 0.1) is 7.05 Å². The van der Waals surface area contributed by atoms with Gasteiger partial charge in [-0.05, 0) is 41.8 Å². The Morgan fingerprint density at radius 2 is 1.77 bits per heavy atom. The van der Waals surface area contributed by atoms with E-state index >= 15 is 0 Å². The molecule has 3 aromatic carbocycles. The first-order chi connectivity index (χ1) is 12.6. The number of likely N-dealkylation sites (N-methyl/N-ethyl adjacent to an activating group) is 1. The molecule has 0 saturated carbocycles. The van der Waals surface area contributed by atoms with E-state index in [0.717, 1.165) is 25.2 Å². The zero-order chi connectivity index (χ0) is 18.1. The van der Waals surface area contributed by atoms with Crippen molar-refractivity contribution >= 4 is 22.4 Å². The Morgan fingerprint density at radius 3 is 2.62 bits per heavy atom. The molecular formula is C23H25N2O+. The van der Waals surface area contributed by atoms with Gasteiger partial charge in [-0.25, -0.2) is 0 Å². The minimum atomic E-state index is -0.0763. The quantitative estimate of drug-likeness (QED) is 0.773. The number of quaternary nitrogens is 1. The predicted octanol–water partition coefficient (Wildman–Crippen LogP) is 2.83. The first kappa shape index (κ1) is 16.8. The lowest BCUT2D eigenvalue weighted by molar-refractivity contribution is -0.908. The number of carbonyl (C=O) groups is 1. The second-order valence-electron chi connectivity index (χ2n) is 7.29. The Hall–Kier alpha value is -2.65. The highest BCUT2D eigenvalue weighted by Gasteiger charge is 2.31. The molecule has 1 heterocycles. The van der Waals surface area contributed by atoms with Gasteiger partial charge >= 0.3 is 0 Å². The van der Waals surface area contributed by atoms with E-state index in [0.29, 0.717) is 0 Å². The topological polar surface area (TPSA) is 24.8 Å². The van der Waals surface area contributed by atoms with E-state index in [4.69, 9.17) is 0 Å². The van der Waals surface area contributed by atoms with Crippen LogP contribution in [0.25, 0.3) is 10.8 Å². The average Bonchev–Trinajstić information content (AvgIpc) is 3.11. The SMILES string of the molecule is C[C@H](C(=O)N1CCc2ccccc21)[NH+](C)Cc1ccc2ccccc2c1. The zero-order valence-electron chi connectivity index (χ0n) is 15.4. The molecule has 1 aliphatic heterocycles. The van der Waals surface area contributed by atoms with Gasteiger partial charge in [0.25, 0.3) is 5.91 Å². The van der Waals surface area contributed by atoms with Gasteiger partial charge in [-0.15, -0.1) is 0 Å². The van der Waals surface area contributed by atoms with Gasteiger partial charge in [-0.3, -0.25) is 4.79 Å². The van der Waals surface area contributed by atoms with Crippen molar-refractivity contribution in [3.8, 4) is 0 Å². The van der Waals surface area contributed by atoms with E-state index < -0.39 is 0 Å². The number of nitrogens with zero attached hydrogens (tertiary/aromatic N) is 1. The molecule has 0 aliphatic carbocycles. The summed E-state index contributed by atoms with van der Waals surface area (Å²) in [5.74, 6) is 0.216. The molecular weight excluding hydrogens is 320 g/mol. The Kier molecular flexibility index (Phi) is 4.48. The molecule has 0 aromatic heterocycles. The molecule has 132 valence electrons. The highest BCUT2D eigenvalue weighted by atomic mass is 16.2. The molecule has 0 spiro atoms. The second-order valence-corrected chi connectivity index (χ2v) is 7.29. The van der Waals surface area contributed by atoms with Crippen LogP contribution < -0.4 is 9.80 Å². The van der Waals surface area contributed by atoms with Crippen molar-refractivity contribution in [2.24, 2.45) is 0 Å². The number of rotatable bonds is 4. The Bertz CT molecular complexity index is 950. The van der Waals surface area contributed by atoms with Gasteiger partial charge in [0, 0.05) is 17.8 Å². The number of carbonyl (C=O) groups excluding carboxylic acids is 1. The Labute approximate surface area is 154 Å². The molecule has 0 radical (unpaired) electrons. The highest BCUT2D eigenvalue weighted by molar-refractivity contribution is 5.97. The van der Waals surface area contributed by atoms with Crippen LogP contribution in [0.4, 0.5) is 5.69 Å². The van der Waals surface area contributed by atoms with Crippen molar-refractivity contribution in [1.82, 2.24) is 0 Å². The van der Waals surface area contributed by atoms with Gasteiger partial charge < -0.3 is 9.80 Å². The van der Waals surface area contributed by atoms with E-state index in [1.54, 1.807) is 0 Å². The number of para-hydroxylation sites is 1. The van der Waals surface area contributed by atoms with Crippen molar-refractivity contribution in [2.75, 3.05) is 18.5 Å². The molecule has 1 N–H and O–H groups in total. The number of nitrogens with one attached hydrogen (secondary N) is 1. The van der Waals surface area contributed by atoms with Gasteiger partial charge in [-0.2, -0.15) is 0 Å². The third-order valence-corrected chi connectivity index (χ3v) is 5.56. The molecule has 3 nitrogen and oxygen atoms in total. The Morgan fingerprint density at radius 1 is 1.04 bits per heavy atom. The average molecular weight is 345 g/mol. The fourth-order valence-electron chi connectivity index (χ4n) is 3.84. The molecule has 0 saturated heterocycles. The van der Waals surface area contributed by atoms with Gasteiger partial charge in [0.15, 0.2) is 6.04 Å². The lowest BCUT2D eigenvalue weighted by atomic mass is 10.1. The molecule has 0 bridgehead atoms. The molecule has 4 rings (SSSR count). The maximum atomic E-state index is 13.1. The van der Waals surface area contributed by atoms with E-state index in [1.165, 1.54) is 26.8 Å². The summed E-state index contributed by atoms with van der Waals surface area (Å²) in [6.45, 7) is 3.68. The normalized spacial score (nSPS) is 15.7. The smallest absolute Gasteiger partial charge is 0.284 e. The summed E-state index contributed by atoms with van der Waals surface area (Å²) in [7, 11) is 2.11. The van der Waals surface area contributed by atoms with Gasteiger partial charge in [-0.1, -0.05) is 54.6 Å². The maximum Gasteiger partial charge on any atom is 0.284 e. The molecule has 3 aromatic rings. The van der Waals surface area contributed by atoms with Crippen molar-refractivity contribution in [3.05, 3.63) is 77.9 Å². The van der Waals surface area contributed by atoms with Crippen LogP contribution in [0.5, 0.6) is 0 Å². The summed E-state index contributed by atoms with van der Waals surface area (Å²) in [6, 6.07) is 23.2. The lowest BCUT2D eigenvalue weighted by Crippen LogP contribution is -3.12. The van der Waals surface area contributed by atoms with Crippen LogP contribution in [0.3, 0.4) is 0 Å². The lowest BCUT2D eigenvalue weighted by Gasteiger charge is -2.26. The third-order valence-electron chi connectivity index (χ3n) is 5.56. The minimum absolute atomic E-state index is 0.0763. The number of benzene rings is 3. The van der Waals surface area contributed by atoms with Crippen molar-refractivity contribution in [2.45, 2.75) is 25.9 Å². The highest BCUT2D eigenvalue weighted by Crippen LogP contribution is 2.27. The van der Waals surface area contributed by atoms with Crippen molar-refractivity contribution < 1.29 is 9.69 Å². The summed E-state index contributed by atoms with van der Waals surface area (Å²) in [6.07, 6.45) is 0.957. The van der Waals surface area contributed by atoms with Crippen LogP contribution >= 0.6 is 0 Å². The number of hydrogen-bond donors (Lipinski definition) is 1. The molecule has 2 atom stereocenters. The van der Waals surface area contributed by atoms with Crippen LogP contribution in [0.2, 0.25) is 0 Å². The largest absolute Gasteiger partial charge is 0.324 e. The molecule has 1 amide bonds. The molecule has 26 heavy (non-hydrogen) atoms. The Balaban J connectivity index is 1.48. The van der Waals surface area contributed by atoms with Gasteiger partial charge in [0.2, 0.25) is 0 Å². The summed E-state index contributed by atoms with van der Waals surface area (Å²) in [5.41, 5.74) is 3.63. The fourth-order valence-corrected chi connectivity index (χ4v) is 3.84. The molecule has 1 unspecified atom stereocenters. The maximum absolute atomic E-state index is 13.1. The van der Waals surface area contributed by atoms with Crippen LogP contribution in [0.1, 0.15) is 18.1 Å². The third kappa shape index (κ3) is 3.11. The monoisotopic (exact) mass is 345 g/mol. The van der Waals surface area contributed by atoms with E-state index in [1.807, 2.05) is 24.0 Å². The minimum Gasteiger partial charge on any atom is -0.324 e. The van der Waals surface area contributed by atoms with Crippen LogP contribution in [-0.4, -0.2) is 25.5 Å². The summed E-state index contributed by atoms with van der Waals surface area (Å²) >= 11 is 0. The molecule has 1 aliphatic rings. The standard InChI is InChI=1S/C23H24N2O/c1-17(23(26)25-14-13-20-8-5-6-10-22(20)25)24(2)16-18-11-12-19-7-3-4-9-21(19)15-18/h3-12,15,17H,13-14,16H2,1-2H3/p+1/t17-/m1/s1. The van der Waals surface area contributed by atoms with E-state index in [-0.39, 0.29) is 11.9 Å². The van der Waals surface area contributed by atoms with E-state index in [2.05, 4.69) is 61.6 Å². The number of amides is 1. The summed E-state index contributed by atoms with van der Waals surface area (Å²) < 4.78 is 0. The van der Waals surface area contributed by atoms with Crippen molar-refractivity contribution in [1.29, 1.82) is 0 Å². The van der Waals surface area contributed by atoms with E-state index in [9.17, 15) is 4.79 Å². The van der Waals surface area contributed by atoms with Crippen LogP contribution in [-0.2, 0) is 17.8 Å². The number of fused-ring (bicyclic) bond motifs is 2. The van der Waals surface area contributed by atoms with Crippen LogP contribution in [0, 0.1) is 0 Å². The second kappa shape index (κ2) is 6.93. The van der Waals surface area contributed by atoms with Gasteiger partial charge in [0.1, 0.15) is 6.54 Å². The van der Waals surface area contributed by atoms with Crippen molar-refractivity contribution in [3.63, 3.8) is 0 Å². The first-order valence-corrected chi connectivity index (χ1v) is 9.33. The fraction of sp³-hybridized carbons (Fsp3) is 0.261. The molecule has 3 heteroatoms. The number of anilines is 1.